The molecule has 0 saturated heterocycles. The van der Waals surface area contributed by atoms with E-state index in [1.54, 1.807) is 0 Å². The maximum Gasteiger partial charge on any atom is 0.102 e. The van der Waals surface area contributed by atoms with E-state index in [4.69, 9.17) is 10.8 Å². The molecule has 3 nitrogen and oxygen atoms in total. The minimum Gasteiger partial charge on any atom is -0.393 e. The second-order valence-electron chi connectivity index (χ2n) is 2.98. The molecule has 1 rings (SSSR count). The molecule has 0 amide bonds. The first kappa shape index (κ1) is 10.2. The minimum absolute atomic E-state index is 0.240. The summed E-state index contributed by atoms with van der Waals surface area (Å²) < 4.78 is 0. The lowest BCUT2D eigenvalue weighted by molar-refractivity contribution is 0.0956. The first-order valence-electron chi connectivity index (χ1n) is 4.35. The Labute approximate surface area is 77.8 Å². The highest BCUT2D eigenvalue weighted by atomic mass is 16.3. The molecule has 0 aromatic heterocycles. The molecule has 0 radical (unpaired) electrons. The van der Waals surface area contributed by atoms with E-state index >= 15 is 0 Å². The largest absolute Gasteiger partial charge is 0.393 e. The van der Waals surface area contributed by atoms with Crippen molar-refractivity contribution in [1.82, 2.24) is 0 Å². The second-order valence-corrected chi connectivity index (χ2v) is 2.98. The van der Waals surface area contributed by atoms with Crippen molar-refractivity contribution in [2.45, 2.75) is 12.5 Å². The number of aliphatic hydroxyl groups is 2. The van der Waals surface area contributed by atoms with Crippen LogP contribution in [0, 0.1) is 0 Å². The van der Waals surface area contributed by atoms with Gasteiger partial charge in [0.25, 0.3) is 0 Å². The highest BCUT2D eigenvalue weighted by molar-refractivity contribution is 5.24. The molecule has 1 unspecified atom stereocenters. The van der Waals surface area contributed by atoms with Crippen LogP contribution in [0.25, 0.3) is 0 Å². The molecule has 0 spiro atoms. The van der Waals surface area contributed by atoms with Crippen LogP contribution in [0.3, 0.4) is 0 Å². The zero-order valence-corrected chi connectivity index (χ0v) is 7.48. The molecular formula is C10H15NO2. The Morgan fingerprint density at radius 3 is 2.31 bits per heavy atom. The zero-order chi connectivity index (χ0) is 9.68. The van der Waals surface area contributed by atoms with Crippen molar-refractivity contribution in [3.05, 3.63) is 35.4 Å². The van der Waals surface area contributed by atoms with Crippen LogP contribution in [0.5, 0.6) is 0 Å². The summed E-state index contributed by atoms with van der Waals surface area (Å²) in [5.41, 5.74) is 7.28. The van der Waals surface area contributed by atoms with E-state index in [2.05, 4.69) is 0 Å². The van der Waals surface area contributed by atoms with Crippen LogP contribution in [0.4, 0.5) is 0 Å². The smallest absolute Gasteiger partial charge is 0.102 e. The molecule has 0 heterocycles. The Bertz CT molecular complexity index is 246. The van der Waals surface area contributed by atoms with Crippen LogP contribution in [-0.2, 0) is 6.42 Å². The monoisotopic (exact) mass is 181 g/mol. The van der Waals surface area contributed by atoms with Gasteiger partial charge < -0.3 is 15.9 Å². The molecule has 13 heavy (non-hydrogen) atoms. The number of benzene rings is 1. The summed E-state index contributed by atoms with van der Waals surface area (Å²) in [5, 5.41) is 18.0. The molecule has 72 valence electrons. The molecular weight excluding hydrogens is 166 g/mol. The van der Waals surface area contributed by atoms with Crippen molar-refractivity contribution >= 4 is 0 Å². The third-order valence-corrected chi connectivity index (χ3v) is 1.97. The molecule has 0 aliphatic heterocycles. The first-order valence-corrected chi connectivity index (χ1v) is 4.35. The van der Waals surface area contributed by atoms with Crippen molar-refractivity contribution in [3.63, 3.8) is 0 Å². The summed E-state index contributed by atoms with van der Waals surface area (Å²) in [6.07, 6.45) is 0.0714. The third kappa shape index (κ3) is 2.81. The summed E-state index contributed by atoms with van der Waals surface area (Å²) >= 11 is 0. The SMILES string of the molecule is NCCc1ccc(C(O)CO)cc1. The molecule has 0 saturated carbocycles. The van der Waals surface area contributed by atoms with E-state index in [-0.39, 0.29) is 6.61 Å². The van der Waals surface area contributed by atoms with Gasteiger partial charge in [-0.15, -0.1) is 0 Å². The summed E-state index contributed by atoms with van der Waals surface area (Å²) in [6.45, 7) is 0.387. The predicted molar refractivity (Wildman–Crippen MR) is 51.2 cm³/mol. The van der Waals surface area contributed by atoms with Gasteiger partial charge in [0.1, 0.15) is 6.10 Å². The van der Waals surface area contributed by atoms with Gasteiger partial charge >= 0.3 is 0 Å². The van der Waals surface area contributed by atoms with Crippen LogP contribution in [0.2, 0.25) is 0 Å². The number of hydrogen-bond donors (Lipinski definition) is 3. The summed E-state index contributed by atoms with van der Waals surface area (Å²) in [4.78, 5) is 0. The van der Waals surface area contributed by atoms with Crippen molar-refractivity contribution in [2.75, 3.05) is 13.2 Å². The minimum atomic E-state index is -0.771. The third-order valence-electron chi connectivity index (χ3n) is 1.97. The summed E-state index contributed by atoms with van der Waals surface area (Å²) in [5.74, 6) is 0. The maximum atomic E-state index is 9.28. The van der Waals surface area contributed by atoms with E-state index in [0.29, 0.717) is 6.54 Å². The van der Waals surface area contributed by atoms with Gasteiger partial charge in [0.15, 0.2) is 0 Å². The molecule has 3 heteroatoms. The summed E-state index contributed by atoms with van der Waals surface area (Å²) in [7, 11) is 0. The highest BCUT2D eigenvalue weighted by Crippen LogP contribution is 2.12. The topological polar surface area (TPSA) is 66.5 Å². The van der Waals surface area contributed by atoms with Gasteiger partial charge in [-0.1, -0.05) is 24.3 Å². The fraction of sp³-hybridized carbons (Fsp3) is 0.400. The lowest BCUT2D eigenvalue weighted by Crippen LogP contribution is -2.04. The van der Waals surface area contributed by atoms with Gasteiger partial charge in [-0.3, -0.25) is 0 Å². The van der Waals surface area contributed by atoms with E-state index in [1.165, 1.54) is 0 Å². The number of rotatable bonds is 4. The maximum absolute atomic E-state index is 9.28. The van der Waals surface area contributed by atoms with E-state index in [1.807, 2.05) is 24.3 Å². The quantitative estimate of drug-likeness (QED) is 0.622. The molecule has 4 N–H and O–H groups in total. The average molecular weight is 181 g/mol. The lowest BCUT2D eigenvalue weighted by Gasteiger charge is -2.07. The fourth-order valence-corrected chi connectivity index (χ4v) is 1.18. The lowest BCUT2D eigenvalue weighted by atomic mass is 10.1. The van der Waals surface area contributed by atoms with E-state index < -0.39 is 6.10 Å². The molecule has 0 bridgehead atoms. The highest BCUT2D eigenvalue weighted by Gasteiger charge is 2.04. The van der Waals surface area contributed by atoms with Crippen LogP contribution in [0.15, 0.2) is 24.3 Å². The normalized spacial score (nSPS) is 12.8. The van der Waals surface area contributed by atoms with Crippen molar-refractivity contribution < 1.29 is 10.2 Å². The van der Waals surface area contributed by atoms with Gasteiger partial charge in [-0.25, -0.2) is 0 Å². The fourth-order valence-electron chi connectivity index (χ4n) is 1.18. The summed E-state index contributed by atoms with van der Waals surface area (Å²) in [6, 6.07) is 7.46. The van der Waals surface area contributed by atoms with E-state index in [9.17, 15) is 5.11 Å². The van der Waals surface area contributed by atoms with Gasteiger partial charge in [-0.05, 0) is 24.1 Å². The van der Waals surface area contributed by atoms with E-state index in [0.717, 1.165) is 17.5 Å². The van der Waals surface area contributed by atoms with Crippen LogP contribution < -0.4 is 5.73 Å². The van der Waals surface area contributed by atoms with Gasteiger partial charge in [0.2, 0.25) is 0 Å². The van der Waals surface area contributed by atoms with Crippen molar-refractivity contribution in [1.29, 1.82) is 0 Å². The van der Waals surface area contributed by atoms with Gasteiger partial charge in [-0.2, -0.15) is 0 Å². The van der Waals surface area contributed by atoms with Crippen LogP contribution >= 0.6 is 0 Å². The number of hydrogen-bond acceptors (Lipinski definition) is 3. The number of aliphatic hydroxyl groups excluding tert-OH is 2. The Balaban J connectivity index is 2.69. The van der Waals surface area contributed by atoms with Crippen molar-refractivity contribution in [2.24, 2.45) is 5.73 Å². The Kier molecular flexibility index (Phi) is 3.89. The Morgan fingerprint density at radius 2 is 1.85 bits per heavy atom. The van der Waals surface area contributed by atoms with Crippen LogP contribution in [-0.4, -0.2) is 23.4 Å². The molecule has 1 aromatic carbocycles. The van der Waals surface area contributed by atoms with Crippen molar-refractivity contribution in [3.8, 4) is 0 Å². The zero-order valence-electron chi connectivity index (χ0n) is 7.48. The Morgan fingerprint density at radius 1 is 1.23 bits per heavy atom. The first-order chi connectivity index (χ1) is 6.27. The van der Waals surface area contributed by atoms with Gasteiger partial charge in [0.05, 0.1) is 6.61 Å². The standard InChI is InChI=1S/C10H15NO2/c11-6-5-8-1-3-9(4-2-8)10(13)7-12/h1-4,10,12-13H,5-7,11H2. The predicted octanol–water partition coefficient (Wildman–Crippen LogP) is 0.213. The van der Waals surface area contributed by atoms with Gasteiger partial charge in [0, 0.05) is 0 Å². The molecule has 1 atom stereocenters. The molecule has 1 aromatic rings. The number of nitrogens with two attached hydrogens (primary N) is 1. The molecule has 0 aliphatic carbocycles. The van der Waals surface area contributed by atoms with Crippen LogP contribution in [0.1, 0.15) is 17.2 Å². The average Bonchev–Trinajstić information content (AvgIpc) is 2.18. The second kappa shape index (κ2) is 4.97. The Hall–Kier alpha value is -0.900. The molecule has 0 fully saturated rings. The molecule has 0 aliphatic rings.